The molecule has 2 fully saturated rings. The first kappa shape index (κ1) is 16.1. The Morgan fingerprint density at radius 3 is 2.30 bits per heavy atom. The average Bonchev–Trinajstić information content (AvgIpc) is 2.83. The third-order valence-electron chi connectivity index (χ3n) is 5.17. The first-order valence-corrected chi connectivity index (χ1v) is 8.31. The first-order valence-electron chi connectivity index (χ1n) is 8.31. The number of aryl methyl sites for hydroxylation is 1. The van der Waals surface area contributed by atoms with Crippen molar-refractivity contribution < 1.29 is 9.59 Å². The molecular formula is C18H25N3O2. The molecular weight excluding hydrogens is 290 g/mol. The Balaban J connectivity index is 1.74. The van der Waals surface area contributed by atoms with Crippen LogP contribution in [-0.4, -0.2) is 60.9 Å². The Kier molecular flexibility index (Phi) is 4.50. The SMILES string of the molecule is Cc1ccc(N2C(=O)CC(N(C)C3CCN(C)CC3)C2=O)cc1. The summed E-state index contributed by atoms with van der Waals surface area (Å²) < 4.78 is 0. The van der Waals surface area contributed by atoms with Crippen molar-refractivity contribution >= 4 is 17.5 Å². The van der Waals surface area contributed by atoms with Gasteiger partial charge in [0.15, 0.2) is 0 Å². The van der Waals surface area contributed by atoms with E-state index in [1.54, 1.807) is 0 Å². The second-order valence-electron chi connectivity index (χ2n) is 6.82. The van der Waals surface area contributed by atoms with Crippen LogP contribution < -0.4 is 4.90 Å². The number of piperidine rings is 1. The van der Waals surface area contributed by atoms with Gasteiger partial charge in [-0.2, -0.15) is 0 Å². The molecule has 0 aliphatic carbocycles. The number of amides is 2. The fraction of sp³-hybridized carbons (Fsp3) is 0.556. The minimum atomic E-state index is -0.322. The lowest BCUT2D eigenvalue weighted by Gasteiger charge is -2.37. The fourth-order valence-electron chi connectivity index (χ4n) is 3.56. The summed E-state index contributed by atoms with van der Waals surface area (Å²) >= 11 is 0. The molecule has 0 bridgehead atoms. The van der Waals surface area contributed by atoms with E-state index < -0.39 is 0 Å². The van der Waals surface area contributed by atoms with E-state index in [0.717, 1.165) is 31.5 Å². The second kappa shape index (κ2) is 6.42. The standard InChI is InChI=1S/C18H25N3O2/c1-13-4-6-15(7-5-13)21-17(22)12-16(18(21)23)20(3)14-8-10-19(2)11-9-14/h4-7,14,16H,8-12H2,1-3H3. The van der Waals surface area contributed by atoms with E-state index in [4.69, 9.17) is 0 Å². The maximum atomic E-state index is 12.8. The summed E-state index contributed by atoms with van der Waals surface area (Å²) in [6.07, 6.45) is 2.39. The zero-order valence-corrected chi connectivity index (χ0v) is 14.2. The highest BCUT2D eigenvalue weighted by molar-refractivity contribution is 6.22. The number of imide groups is 1. The van der Waals surface area contributed by atoms with Crippen LogP contribution in [0.1, 0.15) is 24.8 Å². The van der Waals surface area contributed by atoms with Gasteiger partial charge in [0.1, 0.15) is 0 Å². The minimum absolute atomic E-state index is 0.0831. The molecule has 5 nitrogen and oxygen atoms in total. The molecule has 0 radical (unpaired) electrons. The minimum Gasteiger partial charge on any atom is -0.306 e. The molecule has 2 saturated heterocycles. The van der Waals surface area contributed by atoms with Crippen molar-refractivity contribution in [3.8, 4) is 0 Å². The highest BCUT2D eigenvalue weighted by Gasteiger charge is 2.43. The van der Waals surface area contributed by atoms with Gasteiger partial charge in [0.2, 0.25) is 5.91 Å². The van der Waals surface area contributed by atoms with Crippen LogP contribution in [0, 0.1) is 6.92 Å². The Bertz CT molecular complexity index is 591. The summed E-state index contributed by atoms with van der Waals surface area (Å²) in [6.45, 7) is 4.09. The molecule has 2 amide bonds. The molecule has 0 saturated carbocycles. The molecule has 0 N–H and O–H groups in total. The lowest BCUT2D eigenvalue weighted by molar-refractivity contribution is -0.123. The monoisotopic (exact) mass is 315 g/mol. The summed E-state index contributed by atoms with van der Waals surface area (Å²) in [7, 11) is 4.12. The lowest BCUT2D eigenvalue weighted by Crippen LogP contribution is -2.49. The third kappa shape index (κ3) is 3.16. The molecule has 0 spiro atoms. The fourth-order valence-corrected chi connectivity index (χ4v) is 3.56. The quantitative estimate of drug-likeness (QED) is 0.796. The predicted molar refractivity (Wildman–Crippen MR) is 90.4 cm³/mol. The molecule has 23 heavy (non-hydrogen) atoms. The topological polar surface area (TPSA) is 43.9 Å². The number of likely N-dealkylation sites (tertiary alicyclic amines) is 1. The molecule has 2 heterocycles. The van der Waals surface area contributed by atoms with Crippen molar-refractivity contribution in [1.82, 2.24) is 9.80 Å². The van der Waals surface area contributed by atoms with Crippen LogP contribution in [0.5, 0.6) is 0 Å². The second-order valence-corrected chi connectivity index (χ2v) is 6.82. The molecule has 124 valence electrons. The number of benzene rings is 1. The molecule has 1 aromatic carbocycles. The Labute approximate surface area is 137 Å². The van der Waals surface area contributed by atoms with Crippen LogP contribution in [0.2, 0.25) is 0 Å². The molecule has 0 aromatic heterocycles. The number of likely N-dealkylation sites (N-methyl/N-ethyl adjacent to an activating group) is 1. The van der Waals surface area contributed by atoms with E-state index in [9.17, 15) is 9.59 Å². The van der Waals surface area contributed by atoms with Gasteiger partial charge in [-0.1, -0.05) is 17.7 Å². The average molecular weight is 315 g/mol. The number of carbonyl (C=O) groups excluding carboxylic acids is 2. The molecule has 1 aromatic rings. The van der Waals surface area contributed by atoms with E-state index in [1.807, 2.05) is 38.2 Å². The molecule has 5 heteroatoms. The Morgan fingerprint density at radius 2 is 1.70 bits per heavy atom. The van der Waals surface area contributed by atoms with Crippen LogP contribution in [0.25, 0.3) is 0 Å². The molecule has 3 rings (SSSR count). The van der Waals surface area contributed by atoms with Crippen LogP contribution in [-0.2, 0) is 9.59 Å². The maximum absolute atomic E-state index is 12.8. The van der Waals surface area contributed by atoms with Gasteiger partial charge in [0, 0.05) is 6.04 Å². The van der Waals surface area contributed by atoms with Crippen LogP contribution in [0.15, 0.2) is 24.3 Å². The number of hydrogen-bond donors (Lipinski definition) is 0. The third-order valence-corrected chi connectivity index (χ3v) is 5.17. The predicted octanol–water partition coefficient (Wildman–Crippen LogP) is 1.65. The van der Waals surface area contributed by atoms with Gasteiger partial charge in [-0.05, 0) is 59.1 Å². The Hall–Kier alpha value is -1.72. The van der Waals surface area contributed by atoms with Gasteiger partial charge < -0.3 is 4.90 Å². The first-order chi connectivity index (χ1) is 11.0. The zero-order chi connectivity index (χ0) is 16.6. The van der Waals surface area contributed by atoms with Gasteiger partial charge in [-0.15, -0.1) is 0 Å². The van der Waals surface area contributed by atoms with E-state index in [1.165, 1.54) is 4.90 Å². The summed E-state index contributed by atoms with van der Waals surface area (Å²) in [5, 5.41) is 0. The molecule has 1 atom stereocenters. The van der Waals surface area contributed by atoms with Crippen LogP contribution >= 0.6 is 0 Å². The highest BCUT2D eigenvalue weighted by atomic mass is 16.2. The highest BCUT2D eigenvalue weighted by Crippen LogP contribution is 2.28. The summed E-state index contributed by atoms with van der Waals surface area (Å²) in [4.78, 5) is 31.0. The number of hydrogen-bond acceptors (Lipinski definition) is 4. The lowest BCUT2D eigenvalue weighted by atomic mass is 10.0. The van der Waals surface area contributed by atoms with Gasteiger partial charge >= 0.3 is 0 Å². The molecule has 2 aliphatic rings. The number of nitrogens with zero attached hydrogens (tertiary/aromatic N) is 3. The maximum Gasteiger partial charge on any atom is 0.251 e. The molecule has 2 aliphatic heterocycles. The van der Waals surface area contributed by atoms with Gasteiger partial charge in [0.25, 0.3) is 5.91 Å². The van der Waals surface area contributed by atoms with Crippen molar-refractivity contribution in [2.24, 2.45) is 0 Å². The van der Waals surface area contributed by atoms with Gasteiger partial charge in [-0.3, -0.25) is 14.5 Å². The summed E-state index contributed by atoms with van der Waals surface area (Å²) in [5.41, 5.74) is 1.80. The van der Waals surface area contributed by atoms with Gasteiger partial charge in [-0.25, -0.2) is 4.90 Å². The molecule has 1 unspecified atom stereocenters. The number of rotatable bonds is 3. The number of carbonyl (C=O) groups is 2. The van der Waals surface area contributed by atoms with Crippen molar-refractivity contribution in [2.75, 3.05) is 32.1 Å². The normalized spacial score (nSPS) is 24.0. The largest absolute Gasteiger partial charge is 0.306 e. The summed E-state index contributed by atoms with van der Waals surface area (Å²) in [6, 6.07) is 7.63. The summed E-state index contributed by atoms with van der Waals surface area (Å²) in [5.74, 6) is -0.177. The zero-order valence-electron chi connectivity index (χ0n) is 14.2. The van der Waals surface area contributed by atoms with Crippen molar-refractivity contribution in [3.63, 3.8) is 0 Å². The van der Waals surface area contributed by atoms with E-state index in [2.05, 4.69) is 16.8 Å². The van der Waals surface area contributed by atoms with Crippen molar-refractivity contribution in [3.05, 3.63) is 29.8 Å². The Morgan fingerprint density at radius 1 is 1.09 bits per heavy atom. The van der Waals surface area contributed by atoms with Crippen molar-refractivity contribution in [1.29, 1.82) is 0 Å². The number of anilines is 1. The smallest absolute Gasteiger partial charge is 0.251 e. The van der Waals surface area contributed by atoms with Gasteiger partial charge in [0.05, 0.1) is 18.2 Å². The van der Waals surface area contributed by atoms with Crippen LogP contribution in [0.4, 0.5) is 5.69 Å². The van der Waals surface area contributed by atoms with Crippen LogP contribution in [0.3, 0.4) is 0 Å². The van der Waals surface area contributed by atoms with Crippen molar-refractivity contribution in [2.45, 2.75) is 38.3 Å². The van der Waals surface area contributed by atoms with E-state index >= 15 is 0 Å². The van der Waals surface area contributed by atoms with E-state index in [0.29, 0.717) is 11.7 Å². The van der Waals surface area contributed by atoms with E-state index in [-0.39, 0.29) is 24.3 Å².